The Bertz CT molecular complexity index is 1390. The highest BCUT2D eigenvalue weighted by Gasteiger charge is 2.38. The van der Waals surface area contributed by atoms with E-state index in [0.717, 1.165) is 29.8 Å². The van der Waals surface area contributed by atoms with E-state index in [0.29, 0.717) is 49.3 Å². The average molecular weight is 577 g/mol. The van der Waals surface area contributed by atoms with Crippen molar-refractivity contribution in [2.24, 2.45) is 0 Å². The quantitative estimate of drug-likeness (QED) is 0.426. The number of aryl methyl sites for hydroxylation is 1. The Morgan fingerprint density at radius 1 is 1.15 bits per heavy atom. The number of thiophene rings is 1. The van der Waals surface area contributed by atoms with Crippen LogP contribution in [-0.2, 0) is 17.8 Å². The van der Waals surface area contributed by atoms with E-state index in [2.05, 4.69) is 39.3 Å². The van der Waals surface area contributed by atoms with Crippen molar-refractivity contribution in [3.63, 3.8) is 0 Å². The number of amides is 3. The molecule has 1 aromatic carbocycles. The van der Waals surface area contributed by atoms with Crippen molar-refractivity contribution in [1.29, 1.82) is 0 Å². The van der Waals surface area contributed by atoms with E-state index in [1.165, 1.54) is 17.7 Å². The second kappa shape index (κ2) is 11.0. The summed E-state index contributed by atoms with van der Waals surface area (Å²) >= 11 is 7.71. The predicted octanol–water partition coefficient (Wildman–Crippen LogP) is 4.62. The van der Waals surface area contributed by atoms with Gasteiger partial charge in [-0.15, -0.1) is 11.3 Å². The van der Waals surface area contributed by atoms with Crippen molar-refractivity contribution in [3.8, 4) is 11.3 Å². The molecular weight excluding hydrogens is 546 g/mol. The van der Waals surface area contributed by atoms with Crippen LogP contribution in [0.1, 0.15) is 36.3 Å². The van der Waals surface area contributed by atoms with Crippen molar-refractivity contribution in [2.45, 2.75) is 58.2 Å². The fraction of sp³-hybridized carbons (Fsp3) is 0.481. The summed E-state index contributed by atoms with van der Waals surface area (Å²) in [5, 5.41) is 6.48. The standard InChI is InChI=1S/C27H31ClF2N6O2S/c1-15-6-18(28)7-20(21(15)12-35-16(2)10-31-11-17(35)3)24-25-22(33-14-34-24)8-19(39-25)9-27(29,30)13-36-23(37)4-5-32-26(36)38/h6-8,14,16-17,31H,4-5,9-13H2,1-3H3,(H,32,38)/t16-,17-/m0/s1. The number of carbonyl (C=O) groups is 2. The highest BCUT2D eigenvalue weighted by molar-refractivity contribution is 7.19. The summed E-state index contributed by atoms with van der Waals surface area (Å²) in [6.45, 7) is 8.12. The third-order valence-electron chi connectivity index (χ3n) is 7.39. The van der Waals surface area contributed by atoms with Gasteiger partial charge in [-0.3, -0.25) is 14.6 Å². The second-order valence-electron chi connectivity index (χ2n) is 10.4. The molecule has 0 bridgehead atoms. The largest absolute Gasteiger partial charge is 0.337 e. The number of rotatable bonds is 7. The molecule has 2 N–H and O–H groups in total. The lowest BCUT2D eigenvalue weighted by molar-refractivity contribution is -0.133. The van der Waals surface area contributed by atoms with Crippen molar-refractivity contribution in [1.82, 2.24) is 30.4 Å². The summed E-state index contributed by atoms with van der Waals surface area (Å²) in [6.07, 6.45) is 0.831. The van der Waals surface area contributed by atoms with Gasteiger partial charge in [0.05, 0.1) is 22.5 Å². The molecular formula is C27H31ClF2N6O2S. The molecule has 0 saturated carbocycles. The van der Waals surface area contributed by atoms with Crippen molar-refractivity contribution in [2.75, 3.05) is 26.2 Å². The fourth-order valence-corrected chi connectivity index (χ4v) is 6.83. The van der Waals surface area contributed by atoms with Gasteiger partial charge in [-0.25, -0.2) is 23.5 Å². The molecule has 2 aliphatic rings. The highest BCUT2D eigenvalue weighted by atomic mass is 35.5. The summed E-state index contributed by atoms with van der Waals surface area (Å²) < 4.78 is 30.8. The Morgan fingerprint density at radius 3 is 2.62 bits per heavy atom. The summed E-state index contributed by atoms with van der Waals surface area (Å²) in [4.78, 5) is 36.4. The lowest BCUT2D eigenvalue weighted by atomic mass is 9.96. The third-order valence-corrected chi connectivity index (χ3v) is 8.74. The maximum Gasteiger partial charge on any atom is 0.324 e. The van der Waals surface area contributed by atoms with Crippen LogP contribution in [0.15, 0.2) is 24.5 Å². The molecule has 0 radical (unpaired) electrons. The summed E-state index contributed by atoms with van der Waals surface area (Å²) in [5.41, 5.74) is 4.21. The number of imide groups is 1. The molecule has 0 aliphatic carbocycles. The van der Waals surface area contributed by atoms with Crippen LogP contribution < -0.4 is 10.6 Å². The molecule has 8 nitrogen and oxygen atoms in total. The van der Waals surface area contributed by atoms with E-state index in [1.807, 2.05) is 19.1 Å². The number of alkyl halides is 2. The van der Waals surface area contributed by atoms with Gasteiger partial charge in [0.25, 0.3) is 5.92 Å². The van der Waals surface area contributed by atoms with Gasteiger partial charge in [0.15, 0.2) is 0 Å². The first-order chi connectivity index (χ1) is 18.5. The van der Waals surface area contributed by atoms with E-state index < -0.39 is 30.8 Å². The number of hydrogen-bond acceptors (Lipinski definition) is 7. The topological polar surface area (TPSA) is 90.5 Å². The Balaban J connectivity index is 1.48. The van der Waals surface area contributed by atoms with Crippen LogP contribution in [0.5, 0.6) is 0 Å². The lowest BCUT2D eigenvalue weighted by Gasteiger charge is -2.40. The number of carbonyl (C=O) groups excluding carboxylic acids is 2. The van der Waals surface area contributed by atoms with Gasteiger partial charge in [-0.1, -0.05) is 11.6 Å². The summed E-state index contributed by atoms with van der Waals surface area (Å²) in [6, 6.07) is 5.35. The first kappa shape index (κ1) is 27.8. The first-order valence-electron chi connectivity index (χ1n) is 13.0. The maximum atomic E-state index is 15.1. The fourth-order valence-electron chi connectivity index (χ4n) is 5.36. The van der Waals surface area contributed by atoms with Crippen LogP contribution in [0.3, 0.4) is 0 Å². The second-order valence-corrected chi connectivity index (χ2v) is 12.0. The zero-order valence-electron chi connectivity index (χ0n) is 22.1. The van der Waals surface area contributed by atoms with Gasteiger partial charge < -0.3 is 10.6 Å². The van der Waals surface area contributed by atoms with Crippen LogP contribution in [0.4, 0.5) is 13.6 Å². The zero-order chi connectivity index (χ0) is 27.9. The minimum atomic E-state index is -3.30. The van der Waals surface area contributed by atoms with E-state index in [-0.39, 0.29) is 13.0 Å². The van der Waals surface area contributed by atoms with Gasteiger partial charge in [-0.05, 0) is 50.1 Å². The maximum absolute atomic E-state index is 15.1. The zero-order valence-corrected chi connectivity index (χ0v) is 23.6. The molecule has 3 aromatic rings. The minimum Gasteiger partial charge on any atom is -0.337 e. The van der Waals surface area contributed by atoms with Crippen LogP contribution in [0.2, 0.25) is 5.02 Å². The lowest BCUT2D eigenvalue weighted by Crippen LogP contribution is -2.54. The van der Waals surface area contributed by atoms with E-state index in [4.69, 9.17) is 11.6 Å². The summed E-state index contributed by atoms with van der Waals surface area (Å²) in [5.74, 6) is -3.90. The van der Waals surface area contributed by atoms with Crippen molar-refractivity contribution in [3.05, 3.63) is 45.6 Å². The van der Waals surface area contributed by atoms with Crippen LogP contribution >= 0.6 is 22.9 Å². The van der Waals surface area contributed by atoms with Gasteiger partial charge in [-0.2, -0.15) is 0 Å². The Labute approximate surface area is 234 Å². The monoisotopic (exact) mass is 576 g/mol. The van der Waals surface area contributed by atoms with E-state index >= 15 is 8.78 Å². The molecule has 3 amide bonds. The summed E-state index contributed by atoms with van der Waals surface area (Å²) in [7, 11) is 0. The molecule has 2 fully saturated rings. The Morgan fingerprint density at radius 2 is 1.90 bits per heavy atom. The molecule has 39 heavy (non-hydrogen) atoms. The molecule has 4 heterocycles. The predicted molar refractivity (Wildman–Crippen MR) is 148 cm³/mol. The number of hydrogen-bond donors (Lipinski definition) is 2. The van der Waals surface area contributed by atoms with Gasteiger partial charge in [0, 0.05) is 66.6 Å². The molecule has 5 rings (SSSR count). The highest BCUT2D eigenvalue weighted by Crippen LogP contribution is 2.38. The Hall–Kier alpha value is -2.73. The van der Waals surface area contributed by atoms with E-state index in [1.54, 1.807) is 6.07 Å². The molecule has 2 aliphatic heterocycles. The molecule has 0 spiro atoms. The smallest absolute Gasteiger partial charge is 0.324 e. The molecule has 208 valence electrons. The average Bonchev–Trinajstić information content (AvgIpc) is 3.26. The molecule has 2 atom stereocenters. The number of nitrogens with one attached hydrogen (secondary N) is 2. The Kier molecular flexibility index (Phi) is 7.87. The van der Waals surface area contributed by atoms with Gasteiger partial charge in [0.2, 0.25) is 5.91 Å². The van der Waals surface area contributed by atoms with Crippen LogP contribution in [0, 0.1) is 6.92 Å². The molecule has 0 unspecified atom stereocenters. The number of halogens is 3. The number of fused-ring (bicyclic) bond motifs is 1. The molecule has 2 saturated heterocycles. The number of aromatic nitrogens is 2. The number of benzene rings is 1. The third kappa shape index (κ3) is 5.91. The minimum absolute atomic E-state index is 0.0105. The van der Waals surface area contributed by atoms with E-state index in [9.17, 15) is 9.59 Å². The normalized spacial score (nSPS) is 21.0. The molecule has 2 aromatic heterocycles. The number of urea groups is 1. The van der Waals surface area contributed by atoms with Crippen molar-refractivity contribution < 1.29 is 18.4 Å². The van der Waals surface area contributed by atoms with Gasteiger partial charge >= 0.3 is 6.03 Å². The van der Waals surface area contributed by atoms with Crippen LogP contribution in [0.25, 0.3) is 21.5 Å². The number of nitrogens with zero attached hydrogens (tertiary/aromatic N) is 4. The number of piperazine rings is 1. The first-order valence-corrected chi connectivity index (χ1v) is 14.2. The van der Waals surface area contributed by atoms with Crippen LogP contribution in [-0.4, -0.2) is 75.9 Å². The van der Waals surface area contributed by atoms with Crippen molar-refractivity contribution >= 4 is 45.1 Å². The molecule has 12 heteroatoms. The SMILES string of the molecule is Cc1cc(Cl)cc(-c2ncnc3cc(CC(F)(F)CN4C(=O)CCNC4=O)sc23)c1CN1[C@@H](C)CNC[C@@H]1C. The van der Waals surface area contributed by atoms with Gasteiger partial charge in [0.1, 0.15) is 6.33 Å².